The lowest BCUT2D eigenvalue weighted by Gasteiger charge is -2.19. The van der Waals surface area contributed by atoms with Gasteiger partial charge in [-0.3, -0.25) is 9.59 Å². The molecule has 3 N–H and O–H groups in total. The second-order valence-corrected chi connectivity index (χ2v) is 7.78. The molecule has 1 aromatic carbocycles. The van der Waals surface area contributed by atoms with Crippen LogP contribution in [0.3, 0.4) is 0 Å². The van der Waals surface area contributed by atoms with Crippen LogP contribution < -0.4 is 11.1 Å². The van der Waals surface area contributed by atoms with E-state index in [4.69, 9.17) is 5.73 Å². The SMILES string of the molecule is Cc1nc(S[C@@H](C(=O)NC2CC2)c2ccccc2)c(C(N)=O)c(C)c1C. The van der Waals surface area contributed by atoms with Gasteiger partial charge in [0.1, 0.15) is 10.3 Å². The molecule has 0 unspecified atom stereocenters. The number of carbonyl (C=O) groups is 2. The summed E-state index contributed by atoms with van der Waals surface area (Å²) in [5.41, 5.74) is 9.51. The number of hydrogen-bond acceptors (Lipinski definition) is 4. The molecule has 136 valence electrons. The Morgan fingerprint density at radius 1 is 1.15 bits per heavy atom. The third-order valence-electron chi connectivity index (χ3n) is 4.70. The molecular formula is C20H23N3O2S. The third kappa shape index (κ3) is 3.90. The van der Waals surface area contributed by atoms with Crippen molar-refractivity contribution < 1.29 is 9.59 Å². The summed E-state index contributed by atoms with van der Waals surface area (Å²) in [5.74, 6) is -0.577. The van der Waals surface area contributed by atoms with Crippen molar-refractivity contribution in [2.45, 2.75) is 49.9 Å². The summed E-state index contributed by atoms with van der Waals surface area (Å²) in [5, 5.41) is 3.09. The Morgan fingerprint density at radius 3 is 2.38 bits per heavy atom. The number of nitrogens with two attached hydrogens (primary N) is 1. The molecule has 0 bridgehead atoms. The maximum absolute atomic E-state index is 12.8. The second kappa shape index (κ2) is 7.50. The molecule has 6 heteroatoms. The smallest absolute Gasteiger partial charge is 0.251 e. The van der Waals surface area contributed by atoms with Gasteiger partial charge >= 0.3 is 0 Å². The number of rotatable bonds is 6. The predicted molar refractivity (Wildman–Crippen MR) is 103 cm³/mol. The fourth-order valence-electron chi connectivity index (χ4n) is 2.80. The molecule has 1 heterocycles. The molecule has 1 aliphatic rings. The molecule has 1 atom stereocenters. The number of aromatic nitrogens is 1. The molecule has 0 aliphatic heterocycles. The quantitative estimate of drug-likeness (QED) is 0.766. The van der Waals surface area contributed by atoms with Gasteiger partial charge in [-0.1, -0.05) is 42.1 Å². The molecule has 1 aliphatic carbocycles. The first kappa shape index (κ1) is 18.5. The highest BCUT2D eigenvalue weighted by atomic mass is 32.2. The Bertz CT molecular complexity index is 848. The van der Waals surface area contributed by atoms with E-state index in [0.29, 0.717) is 10.6 Å². The van der Waals surface area contributed by atoms with Crippen LogP contribution in [0.15, 0.2) is 35.4 Å². The van der Waals surface area contributed by atoms with Gasteiger partial charge in [0.25, 0.3) is 5.91 Å². The maximum atomic E-state index is 12.8. The second-order valence-electron chi connectivity index (χ2n) is 6.68. The molecule has 1 aromatic heterocycles. The standard InChI is InChI=1S/C20H23N3O2S/c1-11-12(2)16(18(21)24)20(22-13(11)3)26-17(14-7-5-4-6-8-14)19(25)23-15-9-10-15/h4-8,15,17H,9-10H2,1-3H3,(H2,21,24)(H,23,25)/t17-/m1/s1. The van der Waals surface area contributed by atoms with Crippen LogP contribution in [-0.2, 0) is 4.79 Å². The number of aryl methyl sites for hydroxylation is 1. The van der Waals surface area contributed by atoms with E-state index in [2.05, 4.69) is 10.3 Å². The summed E-state index contributed by atoms with van der Waals surface area (Å²) in [6.45, 7) is 5.70. The molecule has 0 saturated heterocycles. The summed E-state index contributed by atoms with van der Waals surface area (Å²) in [7, 11) is 0. The number of benzene rings is 1. The summed E-state index contributed by atoms with van der Waals surface area (Å²) in [6, 6.07) is 9.82. The number of primary amides is 1. The number of amides is 2. The molecule has 0 radical (unpaired) electrons. The van der Waals surface area contributed by atoms with Gasteiger partial charge in [-0.05, 0) is 50.3 Å². The minimum absolute atomic E-state index is 0.0585. The Labute approximate surface area is 157 Å². The van der Waals surface area contributed by atoms with E-state index in [0.717, 1.165) is 35.2 Å². The number of pyridine rings is 1. The van der Waals surface area contributed by atoms with Crippen LogP contribution in [0.4, 0.5) is 0 Å². The van der Waals surface area contributed by atoms with Crippen molar-refractivity contribution >= 4 is 23.6 Å². The van der Waals surface area contributed by atoms with Crippen LogP contribution in [0.1, 0.15) is 50.8 Å². The van der Waals surface area contributed by atoms with Gasteiger partial charge in [-0.15, -0.1) is 0 Å². The van der Waals surface area contributed by atoms with Crippen molar-refractivity contribution in [1.29, 1.82) is 0 Å². The lowest BCUT2D eigenvalue weighted by molar-refractivity contribution is -0.120. The fraction of sp³-hybridized carbons (Fsp3) is 0.350. The van der Waals surface area contributed by atoms with E-state index in [9.17, 15) is 9.59 Å². The van der Waals surface area contributed by atoms with Crippen molar-refractivity contribution in [3.63, 3.8) is 0 Å². The Hall–Kier alpha value is -2.34. The van der Waals surface area contributed by atoms with Gasteiger partial charge in [0.2, 0.25) is 5.91 Å². The number of nitrogens with zero attached hydrogens (tertiary/aromatic N) is 1. The molecule has 1 saturated carbocycles. The van der Waals surface area contributed by atoms with Crippen molar-refractivity contribution in [3.05, 3.63) is 58.3 Å². The van der Waals surface area contributed by atoms with Gasteiger partial charge in [0.15, 0.2) is 0 Å². The molecular weight excluding hydrogens is 346 g/mol. The van der Waals surface area contributed by atoms with Crippen LogP contribution in [-0.4, -0.2) is 22.8 Å². The van der Waals surface area contributed by atoms with Crippen molar-refractivity contribution in [3.8, 4) is 0 Å². The van der Waals surface area contributed by atoms with Crippen LogP contribution in [0.2, 0.25) is 0 Å². The Morgan fingerprint density at radius 2 is 1.81 bits per heavy atom. The van der Waals surface area contributed by atoms with Gasteiger partial charge in [0.05, 0.1) is 5.56 Å². The number of carbonyl (C=O) groups excluding carboxylic acids is 2. The zero-order chi connectivity index (χ0) is 18.8. The van der Waals surface area contributed by atoms with Gasteiger partial charge in [-0.2, -0.15) is 0 Å². The van der Waals surface area contributed by atoms with Gasteiger partial charge < -0.3 is 11.1 Å². The third-order valence-corrected chi connectivity index (χ3v) is 5.94. The lowest BCUT2D eigenvalue weighted by atomic mass is 10.0. The first-order valence-electron chi connectivity index (χ1n) is 8.68. The van der Waals surface area contributed by atoms with Gasteiger partial charge in [-0.25, -0.2) is 4.98 Å². The first-order chi connectivity index (χ1) is 12.4. The summed E-state index contributed by atoms with van der Waals surface area (Å²) in [6.07, 6.45) is 2.04. The minimum atomic E-state index is -0.519. The number of thioether (sulfide) groups is 1. The largest absolute Gasteiger partial charge is 0.366 e. The van der Waals surface area contributed by atoms with Crippen LogP contribution >= 0.6 is 11.8 Å². The van der Waals surface area contributed by atoms with E-state index in [1.165, 1.54) is 11.8 Å². The topological polar surface area (TPSA) is 85.1 Å². The maximum Gasteiger partial charge on any atom is 0.251 e. The van der Waals surface area contributed by atoms with Crippen LogP contribution in [0.5, 0.6) is 0 Å². The van der Waals surface area contributed by atoms with Crippen LogP contribution in [0, 0.1) is 20.8 Å². The molecule has 2 amide bonds. The minimum Gasteiger partial charge on any atom is -0.366 e. The predicted octanol–water partition coefficient (Wildman–Crippen LogP) is 3.22. The van der Waals surface area contributed by atoms with E-state index in [-0.39, 0.29) is 11.9 Å². The Balaban J connectivity index is 2.01. The molecule has 0 spiro atoms. The zero-order valence-corrected chi connectivity index (χ0v) is 16.0. The monoisotopic (exact) mass is 369 g/mol. The normalized spacial score (nSPS) is 14.7. The summed E-state index contributed by atoms with van der Waals surface area (Å²) < 4.78 is 0. The molecule has 1 fully saturated rings. The van der Waals surface area contributed by atoms with E-state index >= 15 is 0 Å². The van der Waals surface area contributed by atoms with Crippen molar-refractivity contribution in [1.82, 2.24) is 10.3 Å². The first-order valence-corrected chi connectivity index (χ1v) is 9.56. The van der Waals surface area contributed by atoms with Crippen LogP contribution in [0.25, 0.3) is 0 Å². The average molecular weight is 369 g/mol. The van der Waals surface area contributed by atoms with Crippen molar-refractivity contribution in [2.24, 2.45) is 5.73 Å². The van der Waals surface area contributed by atoms with E-state index in [1.807, 2.05) is 51.1 Å². The lowest BCUT2D eigenvalue weighted by Crippen LogP contribution is -2.30. The molecule has 5 nitrogen and oxygen atoms in total. The highest BCUT2D eigenvalue weighted by Gasteiger charge is 2.31. The van der Waals surface area contributed by atoms with E-state index in [1.54, 1.807) is 0 Å². The number of nitrogens with one attached hydrogen (secondary N) is 1. The fourth-order valence-corrected chi connectivity index (χ4v) is 4.06. The molecule has 26 heavy (non-hydrogen) atoms. The Kier molecular flexibility index (Phi) is 5.32. The highest BCUT2D eigenvalue weighted by Crippen LogP contribution is 2.38. The summed E-state index contributed by atoms with van der Waals surface area (Å²) >= 11 is 1.29. The van der Waals surface area contributed by atoms with Gasteiger partial charge in [0, 0.05) is 11.7 Å². The highest BCUT2D eigenvalue weighted by molar-refractivity contribution is 8.00. The molecule has 3 rings (SSSR count). The average Bonchev–Trinajstić information content (AvgIpc) is 3.41. The molecule has 2 aromatic rings. The summed E-state index contributed by atoms with van der Waals surface area (Å²) in [4.78, 5) is 29.5. The van der Waals surface area contributed by atoms with E-state index < -0.39 is 11.2 Å². The number of hydrogen-bond donors (Lipinski definition) is 2. The zero-order valence-electron chi connectivity index (χ0n) is 15.2. The van der Waals surface area contributed by atoms with Crippen molar-refractivity contribution in [2.75, 3.05) is 0 Å².